The van der Waals surface area contributed by atoms with Gasteiger partial charge < -0.3 is 10.4 Å². The van der Waals surface area contributed by atoms with Crippen molar-refractivity contribution in [1.29, 1.82) is 0 Å². The summed E-state index contributed by atoms with van der Waals surface area (Å²) >= 11 is 0. The van der Waals surface area contributed by atoms with E-state index < -0.39 is 0 Å². The van der Waals surface area contributed by atoms with E-state index in [0.717, 1.165) is 37.4 Å². The minimum absolute atomic E-state index is 0.293. The molecule has 0 saturated carbocycles. The van der Waals surface area contributed by atoms with Crippen molar-refractivity contribution in [3.05, 3.63) is 18.1 Å². The van der Waals surface area contributed by atoms with Gasteiger partial charge in [-0.05, 0) is 32.2 Å². The van der Waals surface area contributed by atoms with E-state index in [9.17, 15) is 0 Å². The van der Waals surface area contributed by atoms with E-state index >= 15 is 0 Å². The summed E-state index contributed by atoms with van der Waals surface area (Å²) in [6.45, 7) is 2.29. The highest BCUT2D eigenvalue weighted by Crippen LogP contribution is 2.22. The molecule has 0 aliphatic carbocycles. The van der Waals surface area contributed by atoms with Crippen LogP contribution in [-0.4, -0.2) is 46.2 Å². The summed E-state index contributed by atoms with van der Waals surface area (Å²) in [6, 6.07) is 0.600. The van der Waals surface area contributed by atoms with Gasteiger partial charge in [-0.25, -0.2) is 4.98 Å². The fourth-order valence-corrected chi connectivity index (χ4v) is 2.53. The van der Waals surface area contributed by atoms with Crippen molar-refractivity contribution < 1.29 is 5.11 Å². The Bertz CT molecular complexity index is 355. The van der Waals surface area contributed by atoms with E-state index in [-0.39, 0.29) is 0 Å². The number of aliphatic hydroxyl groups is 1. The molecule has 5 heteroatoms. The molecule has 100 valence electrons. The maximum atomic E-state index is 8.91. The maximum Gasteiger partial charge on any atom is 0.144 e. The second-order valence-electron chi connectivity index (χ2n) is 4.78. The maximum absolute atomic E-state index is 8.91. The van der Waals surface area contributed by atoms with Crippen LogP contribution >= 0.6 is 0 Å². The summed E-state index contributed by atoms with van der Waals surface area (Å²) in [6.07, 6.45) is 8.08. The summed E-state index contributed by atoms with van der Waals surface area (Å²) in [5, 5.41) is 11.9. The summed E-state index contributed by atoms with van der Waals surface area (Å²) in [5.41, 5.74) is 1.02. The van der Waals surface area contributed by atoms with Crippen molar-refractivity contribution in [3.8, 4) is 0 Å². The molecule has 1 saturated heterocycles. The van der Waals surface area contributed by atoms with Gasteiger partial charge in [0.15, 0.2) is 0 Å². The molecular weight excluding hydrogens is 228 g/mol. The molecule has 1 fully saturated rings. The first-order valence-electron chi connectivity index (χ1n) is 6.67. The van der Waals surface area contributed by atoms with E-state index in [4.69, 9.17) is 5.11 Å². The van der Waals surface area contributed by atoms with Crippen molar-refractivity contribution >= 4 is 5.82 Å². The van der Waals surface area contributed by atoms with Crippen molar-refractivity contribution in [2.75, 3.05) is 25.5 Å². The van der Waals surface area contributed by atoms with Crippen LogP contribution in [0.5, 0.6) is 0 Å². The molecule has 0 bridgehead atoms. The molecule has 1 aliphatic rings. The van der Waals surface area contributed by atoms with Crippen molar-refractivity contribution in [3.63, 3.8) is 0 Å². The van der Waals surface area contributed by atoms with Crippen molar-refractivity contribution in [2.24, 2.45) is 0 Å². The second kappa shape index (κ2) is 6.66. The largest absolute Gasteiger partial charge is 0.396 e. The normalized spacial score (nSPS) is 20.2. The molecule has 5 nitrogen and oxygen atoms in total. The predicted octanol–water partition coefficient (Wildman–Crippen LogP) is 1.26. The third-order valence-electron chi connectivity index (χ3n) is 3.52. The summed E-state index contributed by atoms with van der Waals surface area (Å²) in [5.74, 6) is 0.803. The number of hydrogen-bond acceptors (Lipinski definition) is 5. The number of aromatic nitrogens is 2. The average Bonchev–Trinajstić information content (AvgIpc) is 2.84. The van der Waals surface area contributed by atoms with Crippen LogP contribution in [0.15, 0.2) is 12.4 Å². The number of anilines is 1. The smallest absolute Gasteiger partial charge is 0.144 e. The van der Waals surface area contributed by atoms with Crippen LogP contribution in [0.2, 0.25) is 0 Å². The third-order valence-corrected chi connectivity index (χ3v) is 3.52. The zero-order valence-electron chi connectivity index (χ0n) is 11.0. The monoisotopic (exact) mass is 250 g/mol. The van der Waals surface area contributed by atoms with Gasteiger partial charge in [0.2, 0.25) is 0 Å². The Hall–Kier alpha value is -1.20. The van der Waals surface area contributed by atoms with E-state index in [1.807, 2.05) is 13.2 Å². The first-order valence-corrected chi connectivity index (χ1v) is 6.67. The summed E-state index contributed by atoms with van der Waals surface area (Å²) in [7, 11) is 1.84. The van der Waals surface area contributed by atoms with Crippen LogP contribution in [0.4, 0.5) is 5.82 Å². The van der Waals surface area contributed by atoms with Crippen LogP contribution in [0.3, 0.4) is 0 Å². The molecule has 1 aromatic rings. The number of nitrogens with one attached hydrogen (secondary N) is 1. The molecule has 2 rings (SSSR count). The highest BCUT2D eigenvalue weighted by molar-refractivity contribution is 5.29. The molecule has 1 unspecified atom stereocenters. The number of rotatable bonds is 6. The Morgan fingerprint density at radius 3 is 3.00 bits per heavy atom. The van der Waals surface area contributed by atoms with E-state index in [2.05, 4.69) is 20.2 Å². The quantitative estimate of drug-likeness (QED) is 0.796. The van der Waals surface area contributed by atoms with Crippen molar-refractivity contribution in [2.45, 2.75) is 38.3 Å². The van der Waals surface area contributed by atoms with Gasteiger partial charge in [0.25, 0.3) is 0 Å². The van der Waals surface area contributed by atoms with Crippen molar-refractivity contribution in [1.82, 2.24) is 14.9 Å². The zero-order valence-corrected chi connectivity index (χ0v) is 11.0. The SMILES string of the molecule is CNc1cnc(CN2CCCC2CCCO)cn1. The molecule has 1 aliphatic heterocycles. The number of aliphatic hydroxyl groups excluding tert-OH is 1. The minimum atomic E-state index is 0.293. The molecule has 18 heavy (non-hydrogen) atoms. The van der Waals surface area contributed by atoms with Crippen LogP contribution in [0, 0.1) is 0 Å². The predicted molar refractivity (Wildman–Crippen MR) is 71.3 cm³/mol. The lowest BCUT2D eigenvalue weighted by Gasteiger charge is -2.23. The first-order chi connectivity index (χ1) is 8.83. The van der Waals surface area contributed by atoms with Crippen LogP contribution in [0.25, 0.3) is 0 Å². The minimum Gasteiger partial charge on any atom is -0.396 e. The van der Waals surface area contributed by atoms with Crippen LogP contribution < -0.4 is 5.32 Å². The van der Waals surface area contributed by atoms with Gasteiger partial charge in [-0.3, -0.25) is 9.88 Å². The van der Waals surface area contributed by atoms with Gasteiger partial charge in [-0.15, -0.1) is 0 Å². The second-order valence-corrected chi connectivity index (χ2v) is 4.78. The number of nitrogens with zero attached hydrogens (tertiary/aromatic N) is 3. The van der Waals surface area contributed by atoms with E-state index in [1.54, 1.807) is 6.20 Å². The van der Waals surface area contributed by atoms with E-state index in [1.165, 1.54) is 12.8 Å². The number of hydrogen-bond donors (Lipinski definition) is 2. The average molecular weight is 250 g/mol. The molecular formula is C13H22N4O. The fraction of sp³-hybridized carbons (Fsp3) is 0.692. The Morgan fingerprint density at radius 2 is 2.33 bits per heavy atom. The number of likely N-dealkylation sites (tertiary alicyclic amines) is 1. The molecule has 0 radical (unpaired) electrons. The van der Waals surface area contributed by atoms with Gasteiger partial charge in [0.1, 0.15) is 5.82 Å². The Morgan fingerprint density at radius 1 is 1.44 bits per heavy atom. The summed E-state index contributed by atoms with van der Waals surface area (Å²) < 4.78 is 0. The molecule has 0 spiro atoms. The first kappa shape index (κ1) is 13.2. The Kier molecular flexibility index (Phi) is 4.90. The molecule has 0 aromatic carbocycles. The lowest BCUT2D eigenvalue weighted by molar-refractivity contribution is 0.208. The molecule has 0 amide bonds. The highest BCUT2D eigenvalue weighted by Gasteiger charge is 2.24. The van der Waals surface area contributed by atoms with Gasteiger partial charge in [0.05, 0.1) is 18.1 Å². The van der Waals surface area contributed by atoms with E-state index in [0.29, 0.717) is 12.6 Å². The molecule has 2 heterocycles. The van der Waals surface area contributed by atoms with Crippen LogP contribution in [0.1, 0.15) is 31.4 Å². The molecule has 2 N–H and O–H groups in total. The van der Waals surface area contributed by atoms with Gasteiger partial charge in [0, 0.05) is 26.2 Å². The van der Waals surface area contributed by atoms with Gasteiger partial charge in [-0.2, -0.15) is 0 Å². The topological polar surface area (TPSA) is 61.3 Å². The van der Waals surface area contributed by atoms with Crippen LogP contribution in [-0.2, 0) is 6.54 Å². The Balaban J connectivity index is 1.90. The lowest BCUT2D eigenvalue weighted by atomic mass is 10.1. The lowest BCUT2D eigenvalue weighted by Crippen LogP contribution is -2.29. The fourth-order valence-electron chi connectivity index (χ4n) is 2.53. The standard InChI is InChI=1S/C13H22N4O/c1-14-13-9-15-11(8-16-13)10-17-6-2-4-12(17)5-3-7-18/h8-9,12,18H,2-7,10H2,1H3,(H,14,16). The highest BCUT2D eigenvalue weighted by atomic mass is 16.2. The molecule has 1 aromatic heterocycles. The summed E-state index contributed by atoms with van der Waals surface area (Å²) in [4.78, 5) is 11.2. The zero-order chi connectivity index (χ0) is 12.8. The van der Waals surface area contributed by atoms with Gasteiger partial charge in [-0.1, -0.05) is 0 Å². The third kappa shape index (κ3) is 3.40. The molecule has 1 atom stereocenters. The van der Waals surface area contributed by atoms with Gasteiger partial charge >= 0.3 is 0 Å². The Labute approximate surface area is 108 Å².